The normalized spacial score (nSPS) is 10.3. The fourth-order valence-corrected chi connectivity index (χ4v) is 1.44. The van der Waals surface area contributed by atoms with Gasteiger partial charge in [0.05, 0.1) is 12.7 Å². The molecule has 1 aromatic rings. The van der Waals surface area contributed by atoms with E-state index in [2.05, 4.69) is 4.74 Å². The lowest BCUT2D eigenvalue weighted by atomic mass is 10.0. The molecule has 0 aromatic heterocycles. The molecule has 0 heterocycles. The van der Waals surface area contributed by atoms with Crippen LogP contribution in [0.2, 0.25) is 0 Å². The van der Waals surface area contributed by atoms with Crippen LogP contribution in [0.5, 0.6) is 5.75 Å². The SMILES string of the molecule is CC.CCC(F)(F)c1cc(C)ccc1OCC(=O)OC. The summed E-state index contributed by atoms with van der Waals surface area (Å²) in [4.78, 5) is 10.9. The van der Waals surface area contributed by atoms with Crippen LogP contribution in [0.4, 0.5) is 8.78 Å². The van der Waals surface area contributed by atoms with Crippen LogP contribution in [-0.2, 0) is 15.5 Å². The number of carbonyl (C=O) groups is 1. The quantitative estimate of drug-likeness (QED) is 0.766. The molecule has 0 aliphatic rings. The summed E-state index contributed by atoms with van der Waals surface area (Å²) in [5.41, 5.74) is 0.512. The highest BCUT2D eigenvalue weighted by Gasteiger charge is 2.32. The summed E-state index contributed by atoms with van der Waals surface area (Å²) >= 11 is 0. The zero-order valence-corrected chi connectivity index (χ0v) is 12.6. The molecular weight excluding hydrogens is 266 g/mol. The highest BCUT2D eigenvalue weighted by atomic mass is 19.3. The number of aryl methyl sites for hydroxylation is 1. The van der Waals surface area contributed by atoms with Crippen LogP contribution in [0, 0.1) is 6.92 Å². The molecule has 0 aliphatic heterocycles. The van der Waals surface area contributed by atoms with E-state index in [0.29, 0.717) is 5.56 Å². The van der Waals surface area contributed by atoms with E-state index in [4.69, 9.17) is 4.74 Å². The van der Waals surface area contributed by atoms with Crippen molar-refractivity contribution in [3.63, 3.8) is 0 Å². The molecule has 114 valence electrons. The lowest BCUT2D eigenvalue weighted by Gasteiger charge is -2.19. The van der Waals surface area contributed by atoms with Crippen molar-refractivity contribution in [2.75, 3.05) is 13.7 Å². The standard InChI is InChI=1S/C13H16F2O3.C2H6/c1-4-13(14,15)10-7-9(2)5-6-11(10)18-8-12(16)17-3;1-2/h5-7H,4,8H2,1-3H3;1-2H3. The minimum absolute atomic E-state index is 0.0119. The average molecular weight is 288 g/mol. The molecule has 20 heavy (non-hydrogen) atoms. The molecule has 0 atom stereocenters. The second kappa shape index (κ2) is 8.51. The summed E-state index contributed by atoms with van der Waals surface area (Å²) in [6, 6.07) is 4.47. The van der Waals surface area contributed by atoms with E-state index in [-0.39, 0.29) is 24.3 Å². The Morgan fingerprint density at radius 2 is 1.90 bits per heavy atom. The average Bonchev–Trinajstić information content (AvgIpc) is 2.47. The lowest BCUT2D eigenvalue weighted by Crippen LogP contribution is -2.17. The Balaban J connectivity index is 0.00000172. The number of hydrogen-bond acceptors (Lipinski definition) is 3. The summed E-state index contributed by atoms with van der Waals surface area (Å²) < 4.78 is 36.9. The van der Waals surface area contributed by atoms with Crippen molar-refractivity contribution in [2.45, 2.75) is 40.0 Å². The number of halogens is 2. The Morgan fingerprint density at radius 3 is 2.40 bits per heavy atom. The van der Waals surface area contributed by atoms with Gasteiger partial charge < -0.3 is 9.47 Å². The van der Waals surface area contributed by atoms with Gasteiger partial charge in [0, 0.05) is 6.42 Å². The number of benzene rings is 1. The Labute approximate surface area is 118 Å². The van der Waals surface area contributed by atoms with Crippen molar-refractivity contribution in [1.29, 1.82) is 0 Å². The molecule has 0 unspecified atom stereocenters. The molecule has 0 spiro atoms. The summed E-state index contributed by atoms with van der Waals surface area (Å²) in [5.74, 6) is -3.57. The molecule has 0 amide bonds. The number of ether oxygens (including phenoxy) is 2. The van der Waals surface area contributed by atoms with E-state index >= 15 is 0 Å². The maximum Gasteiger partial charge on any atom is 0.343 e. The van der Waals surface area contributed by atoms with Crippen molar-refractivity contribution in [2.24, 2.45) is 0 Å². The van der Waals surface area contributed by atoms with Crippen molar-refractivity contribution < 1.29 is 23.0 Å². The first kappa shape index (κ1) is 18.4. The van der Waals surface area contributed by atoms with E-state index in [1.54, 1.807) is 13.0 Å². The van der Waals surface area contributed by atoms with Crippen molar-refractivity contribution in [1.82, 2.24) is 0 Å². The largest absolute Gasteiger partial charge is 0.481 e. The Bertz CT molecular complexity index is 431. The second-order valence-corrected chi connectivity index (χ2v) is 3.92. The Morgan fingerprint density at radius 1 is 1.30 bits per heavy atom. The first-order valence-corrected chi connectivity index (χ1v) is 6.59. The van der Waals surface area contributed by atoms with Crippen LogP contribution < -0.4 is 4.74 Å². The maximum atomic E-state index is 13.7. The molecule has 1 aromatic carbocycles. The first-order chi connectivity index (χ1) is 9.40. The van der Waals surface area contributed by atoms with E-state index < -0.39 is 11.9 Å². The minimum atomic E-state index is -2.97. The van der Waals surface area contributed by atoms with Gasteiger partial charge >= 0.3 is 5.97 Å². The van der Waals surface area contributed by atoms with E-state index in [9.17, 15) is 13.6 Å². The fourth-order valence-electron chi connectivity index (χ4n) is 1.44. The summed E-state index contributed by atoms with van der Waals surface area (Å²) in [6.07, 6.45) is -0.328. The lowest BCUT2D eigenvalue weighted by molar-refractivity contribution is -0.143. The molecule has 0 bridgehead atoms. The van der Waals surface area contributed by atoms with Gasteiger partial charge in [-0.15, -0.1) is 0 Å². The third kappa shape index (κ3) is 5.15. The van der Waals surface area contributed by atoms with Gasteiger partial charge in [-0.05, 0) is 19.1 Å². The smallest absolute Gasteiger partial charge is 0.343 e. The Hall–Kier alpha value is -1.65. The van der Waals surface area contributed by atoms with Crippen LogP contribution in [0.15, 0.2) is 18.2 Å². The predicted octanol–water partition coefficient (Wildman–Crippen LogP) is 4.07. The van der Waals surface area contributed by atoms with Gasteiger partial charge in [0.15, 0.2) is 6.61 Å². The van der Waals surface area contributed by atoms with Gasteiger partial charge in [-0.1, -0.05) is 32.4 Å². The van der Waals surface area contributed by atoms with Gasteiger partial charge in [-0.3, -0.25) is 0 Å². The number of esters is 1. The van der Waals surface area contributed by atoms with Crippen molar-refractivity contribution >= 4 is 5.97 Å². The van der Waals surface area contributed by atoms with Crippen molar-refractivity contribution in [3.05, 3.63) is 29.3 Å². The van der Waals surface area contributed by atoms with Crippen LogP contribution >= 0.6 is 0 Å². The molecule has 0 radical (unpaired) electrons. The topological polar surface area (TPSA) is 35.5 Å². The van der Waals surface area contributed by atoms with Crippen LogP contribution in [0.3, 0.4) is 0 Å². The fraction of sp³-hybridized carbons (Fsp3) is 0.533. The van der Waals surface area contributed by atoms with Gasteiger partial charge in [0.2, 0.25) is 0 Å². The molecule has 1 rings (SSSR count). The van der Waals surface area contributed by atoms with E-state index in [1.165, 1.54) is 26.2 Å². The van der Waals surface area contributed by atoms with Crippen molar-refractivity contribution in [3.8, 4) is 5.75 Å². The molecule has 3 nitrogen and oxygen atoms in total. The van der Waals surface area contributed by atoms with Crippen LogP contribution in [0.1, 0.15) is 38.3 Å². The molecule has 0 saturated carbocycles. The third-order valence-corrected chi connectivity index (χ3v) is 2.55. The number of rotatable bonds is 5. The van der Waals surface area contributed by atoms with E-state index in [1.807, 2.05) is 13.8 Å². The molecule has 0 fully saturated rings. The summed E-state index contributed by atoms with van der Waals surface area (Å²) in [5, 5.41) is 0. The maximum absolute atomic E-state index is 13.7. The molecule has 0 aliphatic carbocycles. The Kier molecular flexibility index (Phi) is 7.80. The first-order valence-electron chi connectivity index (χ1n) is 6.59. The summed E-state index contributed by atoms with van der Waals surface area (Å²) in [6.45, 7) is 6.73. The zero-order valence-electron chi connectivity index (χ0n) is 12.6. The zero-order chi connectivity index (χ0) is 15.8. The third-order valence-electron chi connectivity index (χ3n) is 2.55. The van der Waals surface area contributed by atoms with Gasteiger partial charge in [-0.25, -0.2) is 13.6 Å². The highest BCUT2D eigenvalue weighted by Crippen LogP contribution is 2.38. The van der Waals surface area contributed by atoms with Crippen LogP contribution in [0.25, 0.3) is 0 Å². The monoisotopic (exact) mass is 288 g/mol. The van der Waals surface area contributed by atoms with E-state index in [0.717, 1.165) is 0 Å². The minimum Gasteiger partial charge on any atom is -0.481 e. The van der Waals surface area contributed by atoms with Crippen LogP contribution in [-0.4, -0.2) is 19.7 Å². The number of methoxy groups -OCH3 is 1. The second-order valence-electron chi connectivity index (χ2n) is 3.92. The number of carbonyl (C=O) groups excluding carboxylic acids is 1. The van der Waals surface area contributed by atoms with Gasteiger partial charge in [-0.2, -0.15) is 0 Å². The summed E-state index contributed by atoms with van der Waals surface area (Å²) in [7, 11) is 1.21. The molecular formula is C15H22F2O3. The molecule has 0 N–H and O–H groups in total. The number of hydrogen-bond donors (Lipinski definition) is 0. The number of alkyl halides is 2. The highest BCUT2D eigenvalue weighted by molar-refractivity contribution is 5.71. The van der Waals surface area contributed by atoms with Gasteiger partial charge in [0.25, 0.3) is 5.92 Å². The molecule has 5 heteroatoms. The molecule has 0 saturated heterocycles. The predicted molar refractivity (Wildman–Crippen MR) is 74.2 cm³/mol. The van der Waals surface area contributed by atoms with Gasteiger partial charge in [0.1, 0.15) is 5.75 Å².